The van der Waals surface area contributed by atoms with Gasteiger partial charge < -0.3 is 10.0 Å². The largest absolute Gasteiger partial charge is 0.476 e. The maximum absolute atomic E-state index is 10.5. The summed E-state index contributed by atoms with van der Waals surface area (Å²) in [4.78, 5) is 12.4. The fourth-order valence-corrected chi connectivity index (χ4v) is 0.892. The summed E-state index contributed by atoms with van der Waals surface area (Å²) >= 11 is 0. The van der Waals surface area contributed by atoms with Gasteiger partial charge in [-0.25, -0.2) is 4.79 Å². The van der Waals surface area contributed by atoms with Crippen LogP contribution in [0.15, 0.2) is 12.1 Å². The minimum atomic E-state index is -1.06. The molecule has 0 aliphatic rings. The molecule has 1 heterocycles. The predicted molar refractivity (Wildman–Crippen MR) is 52.5 cm³/mol. The minimum Gasteiger partial charge on any atom is -0.476 e. The maximum Gasteiger partial charge on any atom is 0.356 e. The highest BCUT2D eigenvalue weighted by Crippen LogP contribution is 2.10. The average Bonchev–Trinajstić information content (AvgIpc) is 2.16. The van der Waals surface area contributed by atoms with Gasteiger partial charge in [0.2, 0.25) is 0 Å². The Hall–Kier alpha value is -1.65. The highest BCUT2D eigenvalue weighted by atomic mass is 16.4. The van der Waals surface area contributed by atoms with Gasteiger partial charge in [0, 0.05) is 13.1 Å². The Labute approximate surface area is 82.4 Å². The molecule has 0 spiro atoms. The number of aromatic nitrogens is 2. The summed E-state index contributed by atoms with van der Waals surface area (Å²) < 4.78 is 0. The van der Waals surface area contributed by atoms with Gasteiger partial charge >= 0.3 is 5.97 Å². The first-order chi connectivity index (χ1) is 6.52. The topological polar surface area (TPSA) is 66.3 Å². The van der Waals surface area contributed by atoms with Crippen LogP contribution in [0.3, 0.4) is 0 Å². The number of nitrogens with zero attached hydrogens (tertiary/aromatic N) is 3. The van der Waals surface area contributed by atoms with Crippen molar-refractivity contribution in [3.63, 3.8) is 0 Å². The molecule has 0 unspecified atom stereocenters. The zero-order valence-corrected chi connectivity index (χ0v) is 8.43. The molecule has 5 nitrogen and oxygen atoms in total. The van der Waals surface area contributed by atoms with Gasteiger partial charge in [0.1, 0.15) is 0 Å². The molecule has 5 heteroatoms. The third kappa shape index (κ3) is 2.18. The third-order valence-electron chi connectivity index (χ3n) is 2.01. The molecule has 14 heavy (non-hydrogen) atoms. The van der Waals surface area contributed by atoms with Gasteiger partial charge in [-0.15, -0.1) is 10.2 Å². The van der Waals surface area contributed by atoms with Gasteiger partial charge in [-0.3, -0.25) is 0 Å². The summed E-state index contributed by atoms with van der Waals surface area (Å²) in [5, 5.41) is 16.0. The number of carbonyl (C=O) groups is 1. The van der Waals surface area contributed by atoms with Gasteiger partial charge in [0.05, 0.1) is 0 Å². The monoisotopic (exact) mass is 195 g/mol. The third-order valence-corrected chi connectivity index (χ3v) is 2.01. The average molecular weight is 195 g/mol. The molecule has 0 saturated carbocycles. The van der Waals surface area contributed by atoms with Crippen molar-refractivity contribution in [3.8, 4) is 0 Å². The Morgan fingerprint density at radius 3 is 2.43 bits per heavy atom. The second kappa shape index (κ2) is 4.04. The molecule has 1 aromatic rings. The van der Waals surface area contributed by atoms with Gasteiger partial charge in [0.15, 0.2) is 11.5 Å². The number of carboxylic acids is 1. The van der Waals surface area contributed by atoms with Gasteiger partial charge in [-0.1, -0.05) is 0 Å². The van der Waals surface area contributed by atoms with Crippen molar-refractivity contribution < 1.29 is 9.90 Å². The summed E-state index contributed by atoms with van der Waals surface area (Å²) in [6.45, 7) is 4.04. The van der Waals surface area contributed by atoms with E-state index in [0.29, 0.717) is 11.9 Å². The van der Waals surface area contributed by atoms with Crippen LogP contribution < -0.4 is 4.90 Å². The van der Waals surface area contributed by atoms with E-state index in [2.05, 4.69) is 10.2 Å². The number of rotatable bonds is 3. The van der Waals surface area contributed by atoms with Crippen LogP contribution >= 0.6 is 0 Å². The van der Waals surface area contributed by atoms with Crippen LogP contribution in [0.2, 0.25) is 0 Å². The van der Waals surface area contributed by atoms with Crippen LogP contribution in [0, 0.1) is 0 Å². The van der Waals surface area contributed by atoms with Gasteiger partial charge in [-0.05, 0) is 26.0 Å². The molecule has 1 aromatic heterocycles. The summed E-state index contributed by atoms with van der Waals surface area (Å²) in [5.74, 6) is -0.388. The smallest absolute Gasteiger partial charge is 0.356 e. The van der Waals surface area contributed by atoms with Crippen molar-refractivity contribution in [2.45, 2.75) is 19.9 Å². The molecule has 0 bridgehead atoms. The highest BCUT2D eigenvalue weighted by molar-refractivity contribution is 5.85. The first kappa shape index (κ1) is 10.4. The zero-order chi connectivity index (χ0) is 10.7. The summed E-state index contributed by atoms with van der Waals surface area (Å²) in [6, 6.07) is 3.40. The molecule has 0 radical (unpaired) electrons. The van der Waals surface area contributed by atoms with Gasteiger partial charge in [-0.2, -0.15) is 0 Å². The van der Waals surface area contributed by atoms with Gasteiger partial charge in [0.25, 0.3) is 0 Å². The molecule has 0 aromatic carbocycles. The zero-order valence-electron chi connectivity index (χ0n) is 8.43. The summed E-state index contributed by atoms with van der Waals surface area (Å²) in [7, 11) is 1.88. The van der Waals surface area contributed by atoms with E-state index < -0.39 is 5.97 Å². The van der Waals surface area contributed by atoms with E-state index in [1.54, 1.807) is 6.07 Å². The summed E-state index contributed by atoms with van der Waals surface area (Å²) in [5.41, 5.74) is -0.0362. The van der Waals surface area contributed by atoms with Crippen LogP contribution in [-0.2, 0) is 0 Å². The Balaban J connectivity index is 2.88. The molecule has 76 valence electrons. The lowest BCUT2D eigenvalue weighted by Crippen LogP contribution is -2.26. The maximum atomic E-state index is 10.5. The molecule has 0 saturated heterocycles. The Morgan fingerprint density at radius 1 is 1.43 bits per heavy atom. The number of anilines is 1. The normalized spacial score (nSPS) is 10.3. The lowest BCUT2D eigenvalue weighted by Gasteiger charge is -2.21. The Kier molecular flexibility index (Phi) is 3.01. The van der Waals surface area contributed by atoms with E-state index in [1.807, 2.05) is 25.8 Å². The number of hydrogen-bond donors (Lipinski definition) is 1. The van der Waals surface area contributed by atoms with Crippen LogP contribution in [0.25, 0.3) is 0 Å². The molecule has 0 amide bonds. The quantitative estimate of drug-likeness (QED) is 0.780. The summed E-state index contributed by atoms with van der Waals surface area (Å²) in [6.07, 6.45) is 0. The number of hydrogen-bond acceptors (Lipinski definition) is 4. The van der Waals surface area contributed by atoms with Crippen molar-refractivity contribution in [1.82, 2.24) is 10.2 Å². The van der Waals surface area contributed by atoms with Crippen molar-refractivity contribution in [2.24, 2.45) is 0 Å². The van der Waals surface area contributed by atoms with Crippen LogP contribution in [0.4, 0.5) is 5.82 Å². The SMILES string of the molecule is CC(C)N(C)c1ccc(C(=O)O)nn1. The molecule has 0 fully saturated rings. The lowest BCUT2D eigenvalue weighted by molar-refractivity contribution is 0.0689. The second-order valence-electron chi connectivity index (χ2n) is 3.29. The number of carboxylic acid groups (broad SMARTS) is 1. The molecule has 0 aliphatic heterocycles. The molecular weight excluding hydrogens is 182 g/mol. The molecule has 0 atom stereocenters. The minimum absolute atomic E-state index is 0.0362. The van der Waals surface area contributed by atoms with Crippen molar-refractivity contribution in [3.05, 3.63) is 17.8 Å². The van der Waals surface area contributed by atoms with E-state index in [-0.39, 0.29) is 5.69 Å². The second-order valence-corrected chi connectivity index (χ2v) is 3.29. The molecule has 1 rings (SSSR count). The van der Waals surface area contributed by atoms with Crippen molar-refractivity contribution >= 4 is 11.8 Å². The predicted octanol–water partition coefficient (Wildman–Crippen LogP) is 1.02. The van der Waals surface area contributed by atoms with Crippen molar-refractivity contribution in [1.29, 1.82) is 0 Å². The number of aromatic carboxylic acids is 1. The van der Waals surface area contributed by atoms with E-state index in [9.17, 15) is 4.79 Å². The van der Waals surface area contributed by atoms with Crippen LogP contribution in [0.1, 0.15) is 24.3 Å². The molecule has 0 aliphatic carbocycles. The first-order valence-corrected chi connectivity index (χ1v) is 4.32. The van der Waals surface area contributed by atoms with E-state index in [4.69, 9.17) is 5.11 Å². The van der Waals surface area contributed by atoms with E-state index in [0.717, 1.165) is 0 Å². The van der Waals surface area contributed by atoms with Crippen LogP contribution in [0.5, 0.6) is 0 Å². The van der Waals surface area contributed by atoms with Crippen LogP contribution in [-0.4, -0.2) is 34.4 Å². The van der Waals surface area contributed by atoms with E-state index >= 15 is 0 Å². The standard InChI is InChI=1S/C9H13N3O2/c1-6(2)12(3)8-5-4-7(9(13)14)10-11-8/h4-6H,1-3H3,(H,13,14). The highest BCUT2D eigenvalue weighted by Gasteiger charge is 2.09. The fourth-order valence-electron chi connectivity index (χ4n) is 0.892. The van der Waals surface area contributed by atoms with E-state index in [1.165, 1.54) is 6.07 Å². The Morgan fingerprint density at radius 2 is 2.07 bits per heavy atom. The van der Waals surface area contributed by atoms with Crippen molar-refractivity contribution in [2.75, 3.05) is 11.9 Å². The lowest BCUT2D eigenvalue weighted by atomic mass is 10.3. The fraction of sp³-hybridized carbons (Fsp3) is 0.444. The Bertz CT molecular complexity index is 321. The molecule has 1 N–H and O–H groups in total. The molecular formula is C9H13N3O2. The first-order valence-electron chi connectivity index (χ1n) is 4.32.